The second-order valence-corrected chi connectivity index (χ2v) is 5.65. The van der Waals surface area contributed by atoms with E-state index in [1.165, 1.54) is 26.2 Å². The van der Waals surface area contributed by atoms with Crippen molar-refractivity contribution in [1.82, 2.24) is 10.6 Å². The van der Waals surface area contributed by atoms with E-state index >= 15 is 0 Å². The second-order valence-electron chi connectivity index (χ2n) is 5.65. The van der Waals surface area contributed by atoms with E-state index in [2.05, 4.69) is 17.2 Å². The van der Waals surface area contributed by atoms with Crippen molar-refractivity contribution in [3.8, 4) is 5.75 Å². The summed E-state index contributed by atoms with van der Waals surface area (Å²) in [6.45, 7) is 7.23. The molecule has 0 aliphatic rings. The highest BCUT2D eigenvalue weighted by Gasteiger charge is 2.18. The number of hydrogen-bond donors (Lipinski definition) is 2. The number of carbonyl (C=O) groups excluding carboxylic acids is 2. The fourth-order valence-electron chi connectivity index (χ4n) is 2.08. The van der Waals surface area contributed by atoms with Crippen molar-refractivity contribution in [2.24, 2.45) is 0 Å². The van der Waals surface area contributed by atoms with Crippen LogP contribution in [0.2, 0.25) is 0 Å². The molecule has 1 aromatic rings. The normalized spacial score (nSPS) is 12.5. The van der Waals surface area contributed by atoms with Gasteiger partial charge in [0.25, 0.3) is 0 Å². The molecule has 0 fully saturated rings. The first kappa shape index (κ1) is 22.1. The van der Waals surface area contributed by atoms with Crippen molar-refractivity contribution in [3.05, 3.63) is 66.2 Å². The molecule has 146 valence electrons. The molecule has 1 rings (SSSR count). The van der Waals surface area contributed by atoms with Crippen molar-refractivity contribution in [2.45, 2.75) is 19.9 Å². The topological polar surface area (TPSA) is 76.7 Å². The number of hydrogen-bond acceptors (Lipinski definition) is 4. The minimum Gasteiger partial charge on any atom is -0.458 e. The summed E-state index contributed by atoms with van der Waals surface area (Å²) >= 11 is 0. The highest BCUT2D eigenvalue weighted by atomic mass is 19.1. The fraction of sp³-hybridized carbons (Fsp3) is 0.300. The zero-order valence-corrected chi connectivity index (χ0v) is 15.8. The summed E-state index contributed by atoms with van der Waals surface area (Å²) in [6, 6.07) is 4.98. The van der Waals surface area contributed by atoms with Gasteiger partial charge in [-0.2, -0.15) is 0 Å². The van der Waals surface area contributed by atoms with Gasteiger partial charge in [-0.15, -0.1) is 0 Å². The first-order valence-corrected chi connectivity index (χ1v) is 8.35. The lowest BCUT2D eigenvalue weighted by atomic mass is 10.2. The molecule has 1 aromatic carbocycles. The van der Waals surface area contributed by atoms with E-state index in [9.17, 15) is 14.0 Å². The highest BCUT2D eigenvalue weighted by Crippen LogP contribution is 2.15. The maximum atomic E-state index is 13.1. The molecular formula is C20H25FN2O4. The molecule has 27 heavy (non-hydrogen) atoms. The number of methoxy groups -OCH3 is 1. The number of nitrogens with one attached hydrogen (secondary N) is 2. The third kappa shape index (κ3) is 8.82. The molecule has 7 heteroatoms. The number of benzene rings is 1. The fourth-order valence-corrected chi connectivity index (χ4v) is 2.08. The molecule has 0 aliphatic heterocycles. The van der Waals surface area contributed by atoms with Crippen LogP contribution in [-0.2, 0) is 14.3 Å². The Hall–Kier alpha value is -2.93. The van der Waals surface area contributed by atoms with Crippen LogP contribution in [0.1, 0.15) is 13.8 Å². The van der Waals surface area contributed by atoms with Crippen LogP contribution in [0, 0.1) is 5.82 Å². The minimum absolute atomic E-state index is 0.0741. The molecule has 1 unspecified atom stereocenters. The van der Waals surface area contributed by atoms with E-state index < -0.39 is 11.9 Å². The monoisotopic (exact) mass is 376 g/mol. The Morgan fingerprint density at radius 1 is 1.33 bits per heavy atom. The first-order chi connectivity index (χ1) is 12.8. The molecule has 0 radical (unpaired) electrons. The molecule has 0 aromatic heterocycles. The van der Waals surface area contributed by atoms with E-state index in [4.69, 9.17) is 9.47 Å². The third-order valence-corrected chi connectivity index (χ3v) is 3.39. The van der Waals surface area contributed by atoms with Crippen LogP contribution in [-0.4, -0.2) is 38.1 Å². The largest absolute Gasteiger partial charge is 0.458 e. The van der Waals surface area contributed by atoms with Crippen LogP contribution in [0.5, 0.6) is 5.75 Å². The number of amides is 2. The Labute approximate surface area is 158 Å². The summed E-state index contributed by atoms with van der Waals surface area (Å²) in [7, 11) is 1.45. The maximum Gasteiger partial charge on any atom is 0.245 e. The van der Waals surface area contributed by atoms with Gasteiger partial charge < -0.3 is 20.1 Å². The Balaban J connectivity index is 2.57. The zero-order valence-electron chi connectivity index (χ0n) is 15.8. The quantitative estimate of drug-likeness (QED) is 0.486. The molecule has 2 N–H and O–H groups in total. The van der Waals surface area contributed by atoms with Crippen LogP contribution in [0.4, 0.5) is 4.39 Å². The number of carbonyl (C=O) groups is 2. The SMILES string of the molecule is C=C(C=CC(=CC)CNC(=O)C(COC)NC(C)=O)Oc1cccc(F)c1. The molecule has 0 spiro atoms. The standard InChI is InChI=1S/C20H25FN2O4/c1-5-16(12-22-20(25)19(13-26-4)23-15(3)24)10-9-14(2)27-18-8-6-7-17(21)11-18/h5-11,19H,2,12-13H2,1,3-4H3,(H,22,25)(H,23,24). The average molecular weight is 376 g/mol. The van der Waals surface area contributed by atoms with Crippen LogP contribution in [0.15, 0.2) is 60.4 Å². The van der Waals surface area contributed by atoms with Gasteiger partial charge in [0.2, 0.25) is 11.8 Å². The van der Waals surface area contributed by atoms with Crippen molar-refractivity contribution in [3.63, 3.8) is 0 Å². The van der Waals surface area contributed by atoms with Gasteiger partial charge in [0, 0.05) is 26.6 Å². The van der Waals surface area contributed by atoms with Gasteiger partial charge in [-0.3, -0.25) is 9.59 Å². The van der Waals surface area contributed by atoms with E-state index in [1.54, 1.807) is 24.3 Å². The van der Waals surface area contributed by atoms with Crippen LogP contribution in [0.3, 0.4) is 0 Å². The van der Waals surface area contributed by atoms with Crippen LogP contribution in [0.25, 0.3) is 0 Å². The smallest absolute Gasteiger partial charge is 0.245 e. The number of ether oxygens (including phenoxy) is 2. The second kappa shape index (κ2) is 11.6. The maximum absolute atomic E-state index is 13.1. The molecule has 0 aliphatic carbocycles. The van der Waals surface area contributed by atoms with Crippen molar-refractivity contribution >= 4 is 11.8 Å². The van der Waals surface area contributed by atoms with Gasteiger partial charge in [0.05, 0.1) is 6.61 Å². The van der Waals surface area contributed by atoms with E-state index in [0.29, 0.717) is 11.5 Å². The van der Waals surface area contributed by atoms with E-state index in [-0.39, 0.29) is 25.0 Å². The van der Waals surface area contributed by atoms with E-state index in [1.807, 2.05) is 13.0 Å². The number of allylic oxidation sites excluding steroid dienone is 2. The lowest BCUT2D eigenvalue weighted by Gasteiger charge is -2.16. The lowest BCUT2D eigenvalue weighted by molar-refractivity contribution is -0.129. The molecule has 0 heterocycles. The first-order valence-electron chi connectivity index (χ1n) is 8.35. The molecule has 6 nitrogen and oxygen atoms in total. The number of rotatable bonds is 10. The van der Waals surface area contributed by atoms with Gasteiger partial charge in [-0.25, -0.2) is 4.39 Å². The minimum atomic E-state index is -0.763. The van der Waals surface area contributed by atoms with Gasteiger partial charge >= 0.3 is 0 Å². The molecule has 1 atom stereocenters. The van der Waals surface area contributed by atoms with Gasteiger partial charge in [-0.05, 0) is 30.7 Å². The number of halogens is 1. The molecule has 0 bridgehead atoms. The highest BCUT2D eigenvalue weighted by molar-refractivity contribution is 5.87. The lowest BCUT2D eigenvalue weighted by Crippen LogP contribution is -2.48. The zero-order chi connectivity index (χ0) is 20.2. The van der Waals surface area contributed by atoms with Crippen molar-refractivity contribution < 1.29 is 23.5 Å². The Morgan fingerprint density at radius 2 is 2.07 bits per heavy atom. The summed E-state index contributed by atoms with van der Waals surface area (Å²) in [5.74, 6) is -0.399. The third-order valence-electron chi connectivity index (χ3n) is 3.39. The van der Waals surface area contributed by atoms with Gasteiger partial charge in [0.1, 0.15) is 23.4 Å². The average Bonchev–Trinajstić information content (AvgIpc) is 2.61. The molecular weight excluding hydrogens is 351 g/mol. The summed E-state index contributed by atoms with van der Waals surface area (Å²) in [5.41, 5.74) is 0.798. The van der Waals surface area contributed by atoms with Gasteiger partial charge in [-0.1, -0.05) is 24.8 Å². The van der Waals surface area contributed by atoms with Crippen molar-refractivity contribution in [1.29, 1.82) is 0 Å². The molecule has 0 saturated heterocycles. The van der Waals surface area contributed by atoms with Crippen LogP contribution < -0.4 is 15.4 Å². The Bertz CT molecular complexity index is 728. The summed E-state index contributed by atoms with van der Waals surface area (Å²) in [6.07, 6.45) is 5.16. The Morgan fingerprint density at radius 3 is 2.67 bits per heavy atom. The molecule has 2 amide bonds. The van der Waals surface area contributed by atoms with Crippen molar-refractivity contribution in [2.75, 3.05) is 20.3 Å². The predicted octanol–water partition coefficient (Wildman–Crippen LogP) is 2.49. The Kier molecular flexibility index (Phi) is 9.53. The summed E-state index contributed by atoms with van der Waals surface area (Å²) in [5, 5.41) is 5.26. The van der Waals surface area contributed by atoms with Crippen LogP contribution >= 0.6 is 0 Å². The van der Waals surface area contributed by atoms with Gasteiger partial charge in [0.15, 0.2) is 0 Å². The molecule has 0 saturated carbocycles. The van der Waals surface area contributed by atoms with E-state index in [0.717, 1.165) is 5.57 Å². The summed E-state index contributed by atoms with van der Waals surface area (Å²) in [4.78, 5) is 23.3. The predicted molar refractivity (Wildman–Crippen MR) is 102 cm³/mol. The summed E-state index contributed by atoms with van der Waals surface area (Å²) < 4.78 is 23.5.